The van der Waals surface area contributed by atoms with Crippen LogP contribution in [0, 0.1) is 6.92 Å². The van der Waals surface area contributed by atoms with Crippen LogP contribution in [0.4, 0.5) is 0 Å². The Balaban J connectivity index is 2.50. The van der Waals surface area contributed by atoms with Gasteiger partial charge in [0.25, 0.3) is 5.91 Å². The van der Waals surface area contributed by atoms with E-state index < -0.39 is 5.97 Å². The molecule has 1 N–H and O–H groups in total. The second kappa shape index (κ2) is 8.97. The van der Waals surface area contributed by atoms with E-state index in [-0.39, 0.29) is 12.5 Å². The SMILES string of the molecule is COCCCNC(=O)COc1cc(C(=O)OC)ccc1C. The normalized spacial score (nSPS) is 10.0. The van der Waals surface area contributed by atoms with Crippen molar-refractivity contribution in [2.75, 3.05) is 34.0 Å². The summed E-state index contributed by atoms with van der Waals surface area (Å²) < 4.78 is 15.0. The van der Waals surface area contributed by atoms with Crippen LogP contribution in [0.25, 0.3) is 0 Å². The maximum absolute atomic E-state index is 11.6. The maximum atomic E-state index is 11.6. The van der Waals surface area contributed by atoms with Gasteiger partial charge in [-0.3, -0.25) is 4.79 Å². The lowest BCUT2D eigenvalue weighted by Crippen LogP contribution is -2.30. The molecule has 6 nitrogen and oxygen atoms in total. The number of esters is 1. The maximum Gasteiger partial charge on any atom is 0.337 e. The number of nitrogens with one attached hydrogen (secondary N) is 1. The molecule has 0 aliphatic carbocycles. The average Bonchev–Trinajstić information content (AvgIpc) is 2.50. The molecule has 6 heteroatoms. The minimum Gasteiger partial charge on any atom is -0.483 e. The standard InChI is InChI=1S/C15H21NO5/c1-11-5-6-12(15(18)20-3)9-13(11)21-10-14(17)16-7-4-8-19-2/h5-6,9H,4,7-8,10H2,1-3H3,(H,16,17). The molecule has 0 radical (unpaired) electrons. The molecule has 0 aromatic heterocycles. The molecular formula is C15H21NO5. The zero-order chi connectivity index (χ0) is 15.7. The fraction of sp³-hybridized carbons (Fsp3) is 0.467. The summed E-state index contributed by atoms with van der Waals surface area (Å²) >= 11 is 0. The van der Waals surface area contributed by atoms with Crippen molar-refractivity contribution in [2.24, 2.45) is 0 Å². The van der Waals surface area contributed by atoms with Crippen molar-refractivity contribution in [3.8, 4) is 5.75 Å². The van der Waals surface area contributed by atoms with E-state index in [1.807, 2.05) is 6.92 Å². The first-order valence-corrected chi connectivity index (χ1v) is 6.66. The number of benzene rings is 1. The minimum atomic E-state index is -0.441. The fourth-order valence-electron chi connectivity index (χ4n) is 1.64. The molecular weight excluding hydrogens is 274 g/mol. The number of hydrogen-bond acceptors (Lipinski definition) is 5. The first-order valence-electron chi connectivity index (χ1n) is 6.66. The van der Waals surface area contributed by atoms with Crippen molar-refractivity contribution in [3.63, 3.8) is 0 Å². The summed E-state index contributed by atoms with van der Waals surface area (Å²) in [7, 11) is 2.93. The Labute approximate surface area is 124 Å². The molecule has 0 saturated carbocycles. The Bertz CT molecular complexity index is 487. The van der Waals surface area contributed by atoms with Crippen molar-refractivity contribution in [1.82, 2.24) is 5.32 Å². The van der Waals surface area contributed by atoms with Crippen molar-refractivity contribution in [1.29, 1.82) is 0 Å². The van der Waals surface area contributed by atoms with E-state index in [0.29, 0.717) is 24.5 Å². The zero-order valence-electron chi connectivity index (χ0n) is 12.6. The topological polar surface area (TPSA) is 73.9 Å². The molecule has 0 aliphatic rings. The van der Waals surface area contributed by atoms with Crippen molar-refractivity contribution >= 4 is 11.9 Å². The Morgan fingerprint density at radius 1 is 1.24 bits per heavy atom. The highest BCUT2D eigenvalue weighted by Gasteiger charge is 2.10. The lowest BCUT2D eigenvalue weighted by atomic mass is 10.1. The van der Waals surface area contributed by atoms with E-state index >= 15 is 0 Å². The monoisotopic (exact) mass is 295 g/mol. The van der Waals surface area contributed by atoms with Gasteiger partial charge < -0.3 is 19.5 Å². The third kappa shape index (κ3) is 5.83. The Morgan fingerprint density at radius 3 is 2.67 bits per heavy atom. The summed E-state index contributed by atoms with van der Waals surface area (Å²) in [4.78, 5) is 23.0. The number of methoxy groups -OCH3 is 2. The fourth-order valence-corrected chi connectivity index (χ4v) is 1.64. The largest absolute Gasteiger partial charge is 0.483 e. The number of aryl methyl sites for hydroxylation is 1. The predicted octanol–water partition coefficient (Wildman–Crippen LogP) is 1.31. The predicted molar refractivity (Wildman–Crippen MR) is 77.5 cm³/mol. The van der Waals surface area contributed by atoms with Gasteiger partial charge in [0.1, 0.15) is 5.75 Å². The Morgan fingerprint density at radius 2 is 2.00 bits per heavy atom. The van der Waals surface area contributed by atoms with E-state index in [0.717, 1.165) is 12.0 Å². The molecule has 0 spiro atoms. The summed E-state index contributed by atoms with van der Waals surface area (Å²) in [5, 5.41) is 2.72. The van der Waals surface area contributed by atoms with E-state index in [2.05, 4.69) is 10.1 Å². The second-order valence-electron chi connectivity index (χ2n) is 4.46. The molecule has 1 amide bonds. The van der Waals surface area contributed by atoms with Crippen LogP contribution in [0.1, 0.15) is 22.3 Å². The first kappa shape index (κ1) is 17.0. The molecule has 0 atom stereocenters. The Kier molecular flexibility index (Phi) is 7.25. The highest BCUT2D eigenvalue weighted by Crippen LogP contribution is 2.20. The summed E-state index contributed by atoms with van der Waals surface area (Å²) in [6.07, 6.45) is 0.749. The van der Waals surface area contributed by atoms with Gasteiger partial charge in [-0.2, -0.15) is 0 Å². The van der Waals surface area contributed by atoms with Crippen molar-refractivity contribution < 1.29 is 23.8 Å². The van der Waals surface area contributed by atoms with E-state index in [1.165, 1.54) is 7.11 Å². The highest BCUT2D eigenvalue weighted by atomic mass is 16.5. The molecule has 0 fully saturated rings. The van der Waals surface area contributed by atoms with Crippen LogP contribution in [0.5, 0.6) is 5.75 Å². The molecule has 1 aromatic carbocycles. The summed E-state index contributed by atoms with van der Waals surface area (Å²) in [5.41, 5.74) is 1.23. The van der Waals surface area contributed by atoms with E-state index in [4.69, 9.17) is 9.47 Å². The van der Waals surface area contributed by atoms with Gasteiger partial charge in [0.2, 0.25) is 0 Å². The van der Waals surface area contributed by atoms with Gasteiger partial charge in [0.05, 0.1) is 12.7 Å². The number of ether oxygens (including phenoxy) is 3. The molecule has 0 aliphatic heterocycles. The van der Waals surface area contributed by atoms with E-state index in [9.17, 15) is 9.59 Å². The summed E-state index contributed by atoms with van der Waals surface area (Å²) in [5.74, 6) is -0.164. The van der Waals surface area contributed by atoms with Gasteiger partial charge in [0, 0.05) is 20.3 Å². The number of carbonyl (C=O) groups excluding carboxylic acids is 2. The molecule has 1 aromatic rings. The Hall–Kier alpha value is -2.08. The van der Waals surface area contributed by atoms with Gasteiger partial charge in [-0.25, -0.2) is 4.79 Å². The molecule has 0 saturated heterocycles. The van der Waals surface area contributed by atoms with Gasteiger partial charge in [-0.05, 0) is 31.0 Å². The molecule has 0 heterocycles. The van der Waals surface area contributed by atoms with Crippen LogP contribution in [-0.2, 0) is 14.3 Å². The third-order valence-electron chi connectivity index (χ3n) is 2.82. The van der Waals surface area contributed by atoms with Gasteiger partial charge in [-0.1, -0.05) is 6.07 Å². The van der Waals surface area contributed by atoms with Crippen LogP contribution >= 0.6 is 0 Å². The number of carbonyl (C=O) groups is 2. The van der Waals surface area contributed by atoms with Gasteiger partial charge in [-0.15, -0.1) is 0 Å². The lowest BCUT2D eigenvalue weighted by molar-refractivity contribution is -0.123. The minimum absolute atomic E-state index is 0.0988. The molecule has 0 bridgehead atoms. The lowest BCUT2D eigenvalue weighted by Gasteiger charge is -2.10. The van der Waals surface area contributed by atoms with Crippen molar-refractivity contribution in [2.45, 2.75) is 13.3 Å². The molecule has 1 rings (SSSR count). The van der Waals surface area contributed by atoms with Gasteiger partial charge >= 0.3 is 5.97 Å². The van der Waals surface area contributed by atoms with Crippen LogP contribution in [0.2, 0.25) is 0 Å². The summed E-state index contributed by atoms with van der Waals surface area (Å²) in [6, 6.07) is 4.97. The zero-order valence-corrected chi connectivity index (χ0v) is 12.6. The van der Waals surface area contributed by atoms with Crippen LogP contribution in [0.3, 0.4) is 0 Å². The molecule has 116 valence electrons. The highest BCUT2D eigenvalue weighted by molar-refractivity contribution is 5.90. The third-order valence-corrected chi connectivity index (χ3v) is 2.82. The number of hydrogen-bond donors (Lipinski definition) is 1. The van der Waals surface area contributed by atoms with E-state index in [1.54, 1.807) is 25.3 Å². The number of amides is 1. The van der Waals surface area contributed by atoms with Crippen LogP contribution < -0.4 is 10.1 Å². The van der Waals surface area contributed by atoms with Gasteiger partial charge in [0.15, 0.2) is 6.61 Å². The molecule has 21 heavy (non-hydrogen) atoms. The van der Waals surface area contributed by atoms with Crippen molar-refractivity contribution in [3.05, 3.63) is 29.3 Å². The average molecular weight is 295 g/mol. The second-order valence-corrected chi connectivity index (χ2v) is 4.46. The molecule has 0 unspecified atom stereocenters. The van der Waals surface area contributed by atoms with Crippen LogP contribution in [0.15, 0.2) is 18.2 Å². The summed E-state index contributed by atoms with van der Waals surface area (Å²) in [6.45, 7) is 2.88. The van der Waals surface area contributed by atoms with Crippen LogP contribution in [-0.4, -0.2) is 45.9 Å². The quantitative estimate of drug-likeness (QED) is 0.578. The number of rotatable bonds is 8. The first-order chi connectivity index (χ1) is 10.1. The smallest absolute Gasteiger partial charge is 0.337 e.